The van der Waals surface area contributed by atoms with Gasteiger partial charge in [-0.2, -0.15) is 18.2 Å². The normalized spacial score (nSPS) is 15.3. The van der Waals surface area contributed by atoms with Crippen LogP contribution in [0.2, 0.25) is 0 Å². The van der Waals surface area contributed by atoms with Gasteiger partial charge in [0.2, 0.25) is 5.95 Å². The molecule has 1 aliphatic rings. The molecule has 0 spiro atoms. The Bertz CT molecular complexity index is 1090. The molecule has 0 aliphatic carbocycles. The Balaban J connectivity index is 0.000000318. The van der Waals surface area contributed by atoms with Crippen LogP contribution in [0.5, 0.6) is 0 Å². The van der Waals surface area contributed by atoms with Gasteiger partial charge in [-0.1, -0.05) is 0 Å². The van der Waals surface area contributed by atoms with Crippen LogP contribution in [0.15, 0.2) is 16.5 Å². The largest absolute Gasteiger partial charge is 0.490 e. The van der Waals surface area contributed by atoms with Crippen LogP contribution < -0.4 is 10.6 Å². The number of halogens is 5. The number of fused-ring (bicyclic) bond motifs is 3. The van der Waals surface area contributed by atoms with E-state index in [0.29, 0.717) is 11.4 Å². The molecule has 3 aromatic rings. The number of carbonyl (C=O) groups is 1. The molecule has 162 valence electrons. The van der Waals surface area contributed by atoms with Crippen LogP contribution in [0.3, 0.4) is 0 Å². The molecule has 1 aliphatic heterocycles. The summed E-state index contributed by atoms with van der Waals surface area (Å²) in [5.41, 5.74) is 6.55. The van der Waals surface area contributed by atoms with E-state index < -0.39 is 23.8 Å². The number of nitrogens with zero attached hydrogens (tertiary/aromatic N) is 4. The second kappa shape index (κ2) is 7.89. The zero-order valence-electron chi connectivity index (χ0n) is 15.5. The Morgan fingerprint density at radius 3 is 2.33 bits per heavy atom. The van der Waals surface area contributed by atoms with Crippen molar-refractivity contribution in [3.05, 3.63) is 23.8 Å². The van der Waals surface area contributed by atoms with E-state index in [2.05, 4.69) is 14.9 Å². The molecule has 0 atom stereocenters. The fraction of sp³-hybridized carbons (Fsp3) is 0.353. The Labute approximate surface area is 165 Å². The summed E-state index contributed by atoms with van der Waals surface area (Å²) in [5.74, 6) is -4.15. The van der Waals surface area contributed by atoms with E-state index in [1.54, 1.807) is 0 Å². The second-order valence-corrected chi connectivity index (χ2v) is 6.51. The minimum Gasteiger partial charge on any atom is -0.475 e. The SMILES string of the molecule is CN1CCN(c2nc(N)nc3c2oc2ccc(F)c(F)c23)CC1.O=C(O)C(F)(F)F. The molecule has 0 saturated carbocycles. The number of aliphatic carboxylic acids is 1. The van der Waals surface area contributed by atoms with Gasteiger partial charge in [-0.25, -0.2) is 18.6 Å². The molecule has 0 unspecified atom stereocenters. The molecule has 1 fully saturated rings. The third kappa shape index (κ3) is 4.20. The summed E-state index contributed by atoms with van der Waals surface area (Å²) < 4.78 is 65.2. The molecule has 0 amide bonds. The summed E-state index contributed by atoms with van der Waals surface area (Å²) in [7, 11) is 2.04. The minimum atomic E-state index is -5.08. The van der Waals surface area contributed by atoms with Gasteiger partial charge in [-0.15, -0.1) is 0 Å². The fourth-order valence-corrected chi connectivity index (χ4v) is 2.90. The highest BCUT2D eigenvalue weighted by Crippen LogP contribution is 2.35. The molecule has 1 aromatic carbocycles. The first kappa shape index (κ1) is 21.5. The lowest BCUT2D eigenvalue weighted by Crippen LogP contribution is -2.44. The minimum absolute atomic E-state index is 0.00415. The number of hydrogen-bond donors (Lipinski definition) is 2. The number of hydrogen-bond acceptors (Lipinski definition) is 7. The maximum atomic E-state index is 14.2. The lowest BCUT2D eigenvalue weighted by molar-refractivity contribution is -0.192. The predicted octanol–water partition coefficient (Wildman–Crippen LogP) is 2.62. The average molecular weight is 433 g/mol. The highest BCUT2D eigenvalue weighted by molar-refractivity contribution is 6.06. The van der Waals surface area contributed by atoms with Crippen molar-refractivity contribution in [2.75, 3.05) is 43.9 Å². The van der Waals surface area contributed by atoms with Gasteiger partial charge in [-0.05, 0) is 19.2 Å². The second-order valence-electron chi connectivity index (χ2n) is 6.51. The first-order valence-electron chi connectivity index (χ1n) is 8.56. The smallest absolute Gasteiger partial charge is 0.475 e. The zero-order chi connectivity index (χ0) is 22.2. The highest BCUT2D eigenvalue weighted by atomic mass is 19.4. The van der Waals surface area contributed by atoms with Gasteiger partial charge in [0.25, 0.3) is 0 Å². The van der Waals surface area contributed by atoms with Crippen LogP contribution in [0.4, 0.5) is 33.7 Å². The Kier molecular flexibility index (Phi) is 5.65. The topological polar surface area (TPSA) is 109 Å². The number of likely N-dealkylation sites (N-methyl/N-ethyl adjacent to an activating group) is 1. The lowest BCUT2D eigenvalue weighted by Gasteiger charge is -2.33. The van der Waals surface area contributed by atoms with Gasteiger partial charge < -0.3 is 25.1 Å². The van der Waals surface area contributed by atoms with Crippen LogP contribution in [0, 0.1) is 11.6 Å². The summed E-state index contributed by atoms with van der Waals surface area (Å²) >= 11 is 0. The molecule has 0 bridgehead atoms. The van der Waals surface area contributed by atoms with Crippen molar-refractivity contribution in [1.29, 1.82) is 0 Å². The van der Waals surface area contributed by atoms with E-state index >= 15 is 0 Å². The molecular formula is C17H16F5N5O3. The monoisotopic (exact) mass is 433 g/mol. The van der Waals surface area contributed by atoms with E-state index in [9.17, 15) is 22.0 Å². The van der Waals surface area contributed by atoms with Gasteiger partial charge in [0.05, 0.1) is 5.39 Å². The molecular weight excluding hydrogens is 417 g/mol. The highest BCUT2D eigenvalue weighted by Gasteiger charge is 2.38. The van der Waals surface area contributed by atoms with Crippen LogP contribution in [-0.4, -0.2) is 65.3 Å². The quantitative estimate of drug-likeness (QED) is 0.564. The standard InChI is InChI=1S/C15H15F2N5O.C2HF3O2/c1-21-4-6-22(7-5-21)14-13-12(19-15(18)20-14)10-9(23-13)3-2-8(16)11(10)17;3-2(4,5)1(6)7/h2-3H,4-7H2,1H3,(H2,18,19,20);(H,6,7). The molecule has 3 N–H and O–H groups in total. The van der Waals surface area contributed by atoms with Crippen molar-refractivity contribution in [3.8, 4) is 0 Å². The van der Waals surface area contributed by atoms with E-state index in [1.807, 2.05) is 11.9 Å². The molecule has 30 heavy (non-hydrogen) atoms. The van der Waals surface area contributed by atoms with E-state index in [4.69, 9.17) is 20.1 Å². The summed E-state index contributed by atoms with van der Waals surface area (Å²) in [6.07, 6.45) is -5.08. The molecule has 2 aromatic heterocycles. The van der Waals surface area contributed by atoms with Crippen LogP contribution in [0.1, 0.15) is 0 Å². The van der Waals surface area contributed by atoms with Gasteiger partial charge in [0.15, 0.2) is 23.0 Å². The van der Waals surface area contributed by atoms with Gasteiger partial charge >= 0.3 is 12.1 Å². The first-order valence-corrected chi connectivity index (χ1v) is 8.56. The number of piperazine rings is 1. The fourth-order valence-electron chi connectivity index (χ4n) is 2.90. The maximum Gasteiger partial charge on any atom is 0.490 e. The zero-order valence-corrected chi connectivity index (χ0v) is 15.5. The molecule has 8 nitrogen and oxygen atoms in total. The summed E-state index contributed by atoms with van der Waals surface area (Å²) in [4.78, 5) is 21.4. The number of alkyl halides is 3. The van der Waals surface area contributed by atoms with Gasteiger partial charge in [-0.3, -0.25) is 0 Å². The molecule has 0 radical (unpaired) electrons. The van der Waals surface area contributed by atoms with Crippen LogP contribution >= 0.6 is 0 Å². The number of anilines is 2. The van der Waals surface area contributed by atoms with Crippen LogP contribution in [0.25, 0.3) is 22.1 Å². The van der Waals surface area contributed by atoms with Crippen molar-refractivity contribution in [2.45, 2.75) is 6.18 Å². The van der Waals surface area contributed by atoms with E-state index in [0.717, 1.165) is 32.2 Å². The summed E-state index contributed by atoms with van der Waals surface area (Å²) in [5, 5.41) is 7.13. The number of benzene rings is 1. The van der Waals surface area contributed by atoms with E-state index in [-0.39, 0.29) is 22.4 Å². The average Bonchev–Trinajstić information content (AvgIpc) is 3.03. The van der Waals surface area contributed by atoms with Crippen molar-refractivity contribution in [3.63, 3.8) is 0 Å². The summed E-state index contributed by atoms with van der Waals surface area (Å²) in [6.45, 7) is 3.23. The Morgan fingerprint density at radius 2 is 1.77 bits per heavy atom. The van der Waals surface area contributed by atoms with Gasteiger partial charge in [0.1, 0.15) is 11.1 Å². The van der Waals surface area contributed by atoms with Crippen molar-refractivity contribution >= 4 is 39.8 Å². The Hall–Kier alpha value is -3.22. The van der Waals surface area contributed by atoms with E-state index in [1.165, 1.54) is 6.07 Å². The van der Waals surface area contributed by atoms with Gasteiger partial charge in [0, 0.05) is 26.2 Å². The number of aromatic nitrogens is 2. The molecule has 1 saturated heterocycles. The first-order chi connectivity index (χ1) is 14.0. The maximum absolute atomic E-state index is 14.2. The molecule has 13 heteroatoms. The Morgan fingerprint density at radius 1 is 1.17 bits per heavy atom. The third-order valence-corrected chi connectivity index (χ3v) is 4.42. The summed E-state index contributed by atoms with van der Waals surface area (Å²) in [6, 6.07) is 2.42. The van der Waals surface area contributed by atoms with Crippen LogP contribution in [-0.2, 0) is 4.79 Å². The molecule has 4 rings (SSSR count). The molecule has 3 heterocycles. The van der Waals surface area contributed by atoms with Crippen molar-refractivity contribution in [1.82, 2.24) is 14.9 Å². The van der Waals surface area contributed by atoms with Crippen molar-refractivity contribution in [2.24, 2.45) is 0 Å². The number of nitrogens with two attached hydrogens (primary N) is 1. The number of nitrogen functional groups attached to an aromatic ring is 1. The number of carboxylic acid groups (broad SMARTS) is 1. The third-order valence-electron chi connectivity index (χ3n) is 4.42. The number of carboxylic acids is 1. The lowest BCUT2D eigenvalue weighted by atomic mass is 10.2. The van der Waals surface area contributed by atoms with Crippen molar-refractivity contribution < 1.29 is 36.3 Å². The predicted molar refractivity (Wildman–Crippen MR) is 97.0 cm³/mol. The number of rotatable bonds is 1. The number of furan rings is 1.